The molecule has 0 aliphatic carbocycles. The number of hydrogen-bond donors (Lipinski definition) is 1. The highest BCUT2D eigenvalue weighted by atomic mass is 19.2. The van der Waals surface area contributed by atoms with E-state index in [0.29, 0.717) is 12.2 Å². The number of ether oxygens (including phenoxy) is 1. The molecule has 2 aromatic carbocycles. The SMILES string of the molecule is CNC(c1ccc(F)c(F)c1)c1ccc2c(c1)CCO2. The Bertz CT molecular complexity index is 642. The van der Waals surface area contributed by atoms with Gasteiger partial charge in [0.1, 0.15) is 5.75 Å². The summed E-state index contributed by atoms with van der Waals surface area (Å²) in [6.07, 6.45) is 0.886. The van der Waals surface area contributed by atoms with Gasteiger partial charge in [-0.15, -0.1) is 0 Å². The molecule has 0 saturated heterocycles. The summed E-state index contributed by atoms with van der Waals surface area (Å²) in [5.74, 6) is -0.743. The molecular weight excluding hydrogens is 260 g/mol. The molecule has 2 nitrogen and oxygen atoms in total. The maximum Gasteiger partial charge on any atom is 0.159 e. The molecule has 2 aromatic rings. The van der Waals surface area contributed by atoms with E-state index in [4.69, 9.17) is 4.74 Å². The molecule has 0 bridgehead atoms. The Morgan fingerprint density at radius 2 is 1.80 bits per heavy atom. The lowest BCUT2D eigenvalue weighted by molar-refractivity contribution is 0.357. The van der Waals surface area contributed by atoms with Crippen molar-refractivity contribution in [2.45, 2.75) is 12.5 Å². The molecule has 1 atom stereocenters. The third kappa shape index (κ3) is 2.27. The molecule has 1 unspecified atom stereocenters. The van der Waals surface area contributed by atoms with Gasteiger partial charge in [0.05, 0.1) is 12.6 Å². The third-order valence-corrected chi connectivity index (χ3v) is 3.61. The number of hydrogen-bond acceptors (Lipinski definition) is 2. The molecule has 0 radical (unpaired) electrons. The van der Waals surface area contributed by atoms with Gasteiger partial charge in [-0.2, -0.15) is 0 Å². The van der Waals surface area contributed by atoms with E-state index in [1.54, 1.807) is 13.1 Å². The number of fused-ring (bicyclic) bond motifs is 1. The molecule has 0 amide bonds. The minimum atomic E-state index is -0.828. The average molecular weight is 275 g/mol. The van der Waals surface area contributed by atoms with Crippen molar-refractivity contribution in [2.24, 2.45) is 0 Å². The van der Waals surface area contributed by atoms with Gasteiger partial charge in [-0.1, -0.05) is 18.2 Å². The first kappa shape index (κ1) is 13.1. The van der Waals surface area contributed by atoms with E-state index in [9.17, 15) is 8.78 Å². The van der Waals surface area contributed by atoms with Gasteiger partial charge in [0.25, 0.3) is 0 Å². The van der Waals surface area contributed by atoms with Gasteiger partial charge < -0.3 is 10.1 Å². The molecular formula is C16H15F2NO. The first-order valence-corrected chi connectivity index (χ1v) is 6.57. The van der Waals surface area contributed by atoms with Crippen LogP contribution < -0.4 is 10.1 Å². The van der Waals surface area contributed by atoms with Gasteiger partial charge >= 0.3 is 0 Å². The van der Waals surface area contributed by atoms with Gasteiger partial charge in [-0.05, 0) is 41.9 Å². The van der Waals surface area contributed by atoms with Gasteiger partial charge in [0.15, 0.2) is 11.6 Å². The third-order valence-electron chi connectivity index (χ3n) is 3.61. The molecule has 1 heterocycles. The van der Waals surface area contributed by atoms with Crippen molar-refractivity contribution >= 4 is 0 Å². The van der Waals surface area contributed by atoms with E-state index in [0.717, 1.165) is 29.4 Å². The molecule has 0 spiro atoms. The first-order valence-electron chi connectivity index (χ1n) is 6.57. The van der Waals surface area contributed by atoms with Crippen LogP contribution in [0.15, 0.2) is 36.4 Å². The first-order chi connectivity index (χ1) is 9.69. The van der Waals surface area contributed by atoms with Crippen molar-refractivity contribution in [1.29, 1.82) is 0 Å². The fraction of sp³-hybridized carbons (Fsp3) is 0.250. The second kappa shape index (κ2) is 5.21. The van der Waals surface area contributed by atoms with Crippen molar-refractivity contribution in [3.8, 4) is 5.75 Å². The lowest BCUT2D eigenvalue weighted by Gasteiger charge is -2.18. The lowest BCUT2D eigenvalue weighted by atomic mass is 9.96. The molecule has 1 aliphatic rings. The standard InChI is InChI=1S/C16H15F2NO/c1-19-16(12-2-4-13(17)14(18)9-12)11-3-5-15-10(8-11)6-7-20-15/h2-5,8-9,16,19H,6-7H2,1H3. The molecule has 3 rings (SSSR count). The van der Waals surface area contributed by atoms with Crippen molar-refractivity contribution in [3.05, 3.63) is 64.7 Å². The van der Waals surface area contributed by atoms with Crippen LogP contribution in [0.5, 0.6) is 5.75 Å². The van der Waals surface area contributed by atoms with Crippen LogP contribution in [-0.2, 0) is 6.42 Å². The predicted molar refractivity (Wildman–Crippen MR) is 72.9 cm³/mol. The Labute approximate surface area is 116 Å². The summed E-state index contributed by atoms with van der Waals surface area (Å²) in [7, 11) is 1.80. The average Bonchev–Trinajstić information content (AvgIpc) is 2.91. The van der Waals surface area contributed by atoms with Gasteiger partial charge in [0.2, 0.25) is 0 Å². The van der Waals surface area contributed by atoms with E-state index >= 15 is 0 Å². The minimum Gasteiger partial charge on any atom is -0.493 e. The summed E-state index contributed by atoms with van der Waals surface area (Å²) < 4.78 is 31.9. The van der Waals surface area contributed by atoms with Crippen molar-refractivity contribution in [2.75, 3.05) is 13.7 Å². The van der Waals surface area contributed by atoms with Crippen LogP contribution in [0.3, 0.4) is 0 Å². The van der Waals surface area contributed by atoms with E-state index in [-0.39, 0.29) is 6.04 Å². The van der Waals surface area contributed by atoms with Crippen LogP contribution in [0.2, 0.25) is 0 Å². The monoisotopic (exact) mass is 275 g/mol. The molecule has 104 valence electrons. The Morgan fingerprint density at radius 3 is 2.55 bits per heavy atom. The van der Waals surface area contributed by atoms with Crippen LogP contribution >= 0.6 is 0 Å². The second-order valence-corrected chi connectivity index (χ2v) is 4.86. The smallest absolute Gasteiger partial charge is 0.159 e. The van der Waals surface area contributed by atoms with Gasteiger partial charge in [-0.3, -0.25) is 0 Å². The maximum absolute atomic E-state index is 13.4. The molecule has 0 saturated carbocycles. The summed E-state index contributed by atoms with van der Waals surface area (Å²) >= 11 is 0. The minimum absolute atomic E-state index is 0.170. The van der Waals surface area contributed by atoms with Crippen LogP contribution in [-0.4, -0.2) is 13.7 Å². The zero-order valence-corrected chi connectivity index (χ0v) is 11.1. The van der Waals surface area contributed by atoms with Crippen LogP contribution in [0.4, 0.5) is 8.78 Å². The summed E-state index contributed by atoms with van der Waals surface area (Å²) in [6, 6.07) is 9.77. The second-order valence-electron chi connectivity index (χ2n) is 4.86. The fourth-order valence-electron chi connectivity index (χ4n) is 2.60. The highest BCUT2D eigenvalue weighted by Gasteiger charge is 2.18. The Balaban J connectivity index is 1.98. The van der Waals surface area contributed by atoms with Crippen molar-refractivity contribution < 1.29 is 13.5 Å². The Hall–Kier alpha value is -1.94. The number of halogens is 2. The molecule has 20 heavy (non-hydrogen) atoms. The largest absolute Gasteiger partial charge is 0.493 e. The van der Waals surface area contributed by atoms with Crippen molar-refractivity contribution in [3.63, 3.8) is 0 Å². The highest BCUT2D eigenvalue weighted by Crippen LogP contribution is 2.30. The van der Waals surface area contributed by atoms with E-state index in [1.165, 1.54) is 6.07 Å². The maximum atomic E-state index is 13.4. The van der Waals surface area contributed by atoms with Crippen LogP contribution in [0, 0.1) is 11.6 Å². The topological polar surface area (TPSA) is 21.3 Å². The molecule has 4 heteroatoms. The summed E-state index contributed by atoms with van der Waals surface area (Å²) in [5.41, 5.74) is 2.87. The van der Waals surface area contributed by atoms with E-state index < -0.39 is 11.6 Å². The number of nitrogens with one attached hydrogen (secondary N) is 1. The zero-order chi connectivity index (χ0) is 14.1. The molecule has 1 N–H and O–H groups in total. The summed E-state index contributed by atoms with van der Waals surface area (Å²) in [5, 5.41) is 3.14. The lowest BCUT2D eigenvalue weighted by Crippen LogP contribution is -2.18. The Morgan fingerprint density at radius 1 is 1.05 bits per heavy atom. The fourth-order valence-corrected chi connectivity index (χ4v) is 2.60. The Kier molecular flexibility index (Phi) is 3.40. The van der Waals surface area contributed by atoms with E-state index in [2.05, 4.69) is 11.4 Å². The van der Waals surface area contributed by atoms with Crippen LogP contribution in [0.25, 0.3) is 0 Å². The van der Waals surface area contributed by atoms with E-state index in [1.807, 2.05) is 12.1 Å². The summed E-state index contributed by atoms with van der Waals surface area (Å²) in [6.45, 7) is 0.703. The quantitative estimate of drug-likeness (QED) is 0.928. The number of benzene rings is 2. The van der Waals surface area contributed by atoms with Gasteiger partial charge in [0, 0.05) is 6.42 Å². The highest BCUT2D eigenvalue weighted by molar-refractivity contribution is 5.43. The van der Waals surface area contributed by atoms with Gasteiger partial charge in [-0.25, -0.2) is 8.78 Å². The molecule has 1 aliphatic heterocycles. The molecule has 0 aromatic heterocycles. The zero-order valence-electron chi connectivity index (χ0n) is 11.1. The predicted octanol–water partition coefficient (Wildman–Crippen LogP) is 3.21. The summed E-state index contributed by atoms with van der Waals surface area (Å²) in [4.78, 5) is 0. The normalized spacial score (nSPS) is 14.8. The molecule has 0 fully saturated rings. The number of rotatable bonds is 3. The van der Waals surface area contributed by atoms with Crippen molar-refractivity contribution in [1.82, 2.24) is 5.32 Å². The van der Waals surface area contributed by atoms with Crippen LogP contribution in [0.1, 0.15) is 22.7 Å².